The van der Waals surface area contributed by atoms with Gasteiger partial charge in [0.2, 0.25) is 0 Å². The first kappa shape index (κ1) is 34.1. The molecule has 12 aromatic rings. The van der Waals surface area contributed by atoms with Crippen molar-refractivity contribution < 1.29 is 0 Å². The molecule has 280 valence electrons. The lowest BCUT2D eigenvalue weighted by Gasteiger charge is -2.27. The van der Waals surface area contributed by atoms with Crippen LogP contribution in [0.2, 0.25) is 0 Å². The van der Waals surface area contributed by atoms with Crippen molar-refractivity contribution >= 4 is 82.0 Å². The second-order valence-corrected chi connectivity index (χ2v) is 15.7. The Bertz CT molecular complexity index is 3590. The van der Waals surface area contributed by atoms with Crippen LogP contribution >= 0.6 is 0 Å². The predicted octanol–water partition coefficient (Wildman–Crippen LogP) is 16.2. The van der Waals surface area contributed by atoms with Gasteiger partial charge in [0, 0.05) is 33.5 Å². The molecule has 0 amide bonds. The van der Waals surface area contributed by atoms with Crippen LogP contribution in [0.15, 0.2) is 231 Å². The smallest absolute Gasteiger partial charge is 0.0547 e. The number of hydrogen-bond donors (Lipinski definition) is 0. The van der Waals surface area contributed by atoms with Crippen LogP contribution in [0.3, 0.4) is 0 Å². The Kier molecular flexibility index (Phi) is 7.89. The normalized spacial score (nSPS) is 11.7. The highest BCUT2D eigenvalue weighted by molar-refractivity contribution is 6.25. The molecule has 0 unspecified atom stereocenters. The van der Waals surface area contributed by atoms with E-state index in [1.807, 2.05) is 0 Å². The van der Waals surface area contributed by atoms with Gasteiger partial charge in [0.15, 0.2) is 0 Å². The standard InChI is InChI=1S/C58H38N2/c1-2-18-45(19-3-1)60-55-26-12-25-54(58(55)57-53-23-9-6-15-41(53)31-36-56(57)60)43-17-10-20-47(37-43)59(48-34-35-52-44(38-48)28-27-40-14-5-8-22-50(40)52)46-32-29-42(30-33-46)51-24-11-16-39-13-4-7-21-49(39)51/h1-38H. The Morgan fingerprint density at radius 3 is 1.68 bits per heavy atom. The fourth-order valence-corrected chi connectivity index (χ4v) is 9.59. The molecule has 0 saturated carbocycles. The average molecular weight is 763 g/mol. The molecular formula is C58H38N2. The van der Waals surface area contributed by atoms with Crippen molar-refractivity contribution in [1.29, 1.82) is 0 Å². The SMILES string of the molecule is c1ccc(-n2c3cccc(-c4cccc(N(c5ccc(-c6cccc7ccccc67)cc5)c5ccc6c(ccc7ccccc76)c5)c4)c3c3c4ccccc4ccc32)cc1. The van der Waals surface area contributed by atoms with Crippen LogP contribution in [0.4, 0.5) is 17.1 Å². The van der Waals surface area contributed by atoms with E-state index in [0.29, 0.717) is 0 Å². The molecule has 0 aliphatic heterocycles. The van der Waals surface area contributed by atoms with E-state index in [4.69, 9.17) is 0 Å². The number of hydrogen-bond acceptors (Lipinski definition) is 1. The summed E-state index contributed by atoms with van der Waals surface area (Å²) in [4.78, 5) is 2.41. The summed E-state index contributed by atoms with van der Waals surface area (Å²) >= 11 is 0. The van der Waals surface area contributed by atoms with Gasteiger partial charge in [-0.3, -0.25) is 0 Å². The van der Waals surface area contributed by atoms with Crippen molar-refractivity contribution in [1.82, 2.24) is 4.57 Å². The number of aromatic nitrogens is 1. The highest BCUT2D eigenvalue weighted by Crippen LogP contribution is 2.44. The number of fused-ring (bicyclic) bond motifs is 9. The summed E-state index contributed by atoms with van der Waals surface area (Å²) in [6, 6.07) is 84.3. The molecule has 0 atom stereocenters. The third kappa shape index (κ3) is 5.50. The van der Waals surface area contributed by atoms with Gasteiger partial charge < -0.3 is 9.47 Å². The summed E-state index contributed by atoms with van der Waals surface area (Å²) in [7, 11) is 0. The number of rotatable bonds is 6. The highest BCUT2D eigenvalue weighted by atomic mass is 15.1. The van der Waals surface area contributed by atoms with E-state index >= 15 is 0 Å². The quantitative estimate of drug-likeness (QED) is 0.153. The molecular weight excluding hydrogens is 725 g/mol. The van der Waals surface area contributed by atoms with Crippen LogP contribution in [0.5, 0.6) is 0 Å². The van der Waals surface area contributed by atoms with Gasteiger partial charge in [-0.2, -0.15) is 0 Å². The van der Waals surface area contributed by atoms with Crippen LogP contribution in [-0.4, -0.2) is 4.57 Å². The predicted molar refractivity (Wildman–Crippen MR) is 256 cm³/mol. The van der Waals surface area contributed by atoms with E-state index in [0.717, 1.165) is 22.7 Å². The molecule has 60 heavy (non-hydrogen) atoms. The molecule has 0 aliphatic rings. The molecule has 2 heteroatoms. The van der Waals surface area contributed by atoms with Gasteiger partial charge in [0.1, 0.15) is 0 Å². The molecule has 0 aliphatic carbocycles. The lowest BCUT2D eigenvalue weighted by Crippen LogP contribution is -2.10. The summed E-state index contributed by atoms with van der Waals surface area (Å²) in [6.45, 7) is 0. The third-order valence-electron chi connectivity index (χ3n) is 12.3. The summed E-state index contributed by atoms with van der Waals surface area (Å²) in [5.41, 5.74) is 11.7. The highest BCUT2D eigenvalue weighted by Gasteiger charge is 2.20. The first-order chi connectivity index (χ1) is 29.8. The monoisotopic (exact) mass is 762 g/mol. The lowest BCUT2D eigenvalue weighted by molar-refractivity contribution is 1.18. The fraction of sp³-hybridized carbons (Fsp3) is 0. The van der Waals surface area contributed by atoms with Gasteiger partial charge in [-0.1, -0.05) is 170 Å². The molecule has 2 nitrogen and oxygen atoms in total. The van der Waals surface area contributed by atoms with E-state index in [9.17, 15) is 0 Å². The van der Waals surface area contributed by atoms with Crippen molar-refractivity contribution in [3.05, 3.63) is 231 Å². The zero-order valence-electron chi connectivity index (χ0n) is 32.8. The zero-order chi connectivity index (χ0) is 39.6. The Hall–Kier alpha value is -7.94. The van der Waals surface area contributed by atoms with E-state index < -0.39 is 0 Å². The average Bonchev–Trinajstić information content (AvgIpc) is 3.67. The van der Waals surface area contributed by atoms with E-state index in [1.54, 1.807) is 0 Å². The second kappa shape index (κ2) is 13.9. The number of benzene rings is 11. The maximum atomic E-state index is 2.42. The molecule has 1 heterocycles. The Labute approximate surface area is 348 Å². The molecule has 1 aromatic heterocycles. The van der Waals surface area contributed by atoms with Crippen molar-refractivity contribution in [2.24, 2.45) is 0 Å². The van der Waals surface area contributed by atoms with E-state index in [-0.39, 0.29) is 0 Å². The molecule has 0 saturated heterocycles. The molecule has 0 radical (unpaired) electrons. The molecule has 0 N–H and O–H groups in total. The molecule has 11 aromatic carbocycles. The lowest BCUT2D eigenvalue weighted by atomic mass is 9.96. The Morgan fingerprint density at radius 2 is 0.850 bits per heavy atom. The third-order valence-corrected chi connectivity index (χ3v) is 12.3. The second-order valence-electron chi connectivity index (χ2n) is 15.7. The number of para-hydroxylation sites is 1. The van der Waals surface area contributed by atoms with Gasteiger partial charge in [0.25, 0.3) is 0 Å². The van der Waals surface area contributed by atoms with E-state index in [2.05, 4.69) is 240 Å². The topological polar surface area (TPSA) is 8.17 Å². The largest absolute Gasteiger partial charge is 0.310 e. The van der Waals surface area contributed by atoms with Crippen LogP contribution in [0.1, 0.15) is 0 Å². The van der Waals surface area contributed by atoms with Crippen molar-refractivity contribution in [3.8, 4) is 27.9 Å². The number of nitrogens with zero attached hydrogens (tertiary/aromatic N) is 2. The molecule has 0 spiro atoms. The van der Waals surface area contributed by atoms with Crippen LogP contribution < -0.4 is 4.90 Å². The first-order valence-electron chi connectivity index (χ1n) is 20.7. The van der Waals surface area contributed by atoms with Crippen LogP contribution in [0.25, 0.3) is 92.8 Å². The summed E-state index contributed by atoms with van der Waals surface area (Å²) in [5, 5.41) is 12.5. The minimum absolute atomic E-state index is 1.10. The Morgan fingerprint density at radius 1 is 0.283 bits per heavy atom. The van der Waals surface area contributed by atoms with Gasteiger partial charge in [-0.25, -0.2) is 0 Å². The molecule has 0 fully saturated rings. The van der Waals surface area contributed by atoms with Gasteiger partial charge in [-0.05, 0) is 126 Å². The van der Waals surface area contributed by atoms with E-state index in [1.165, 1.54) is 87.1 Å². The fourth-order valence-electron chi connectivity index (χ4n) is 9.59. The van der Waals surface area contributed by atoms with Crippen molar-refractivity contribution in [2.75, 3.05) is 4.90 Å². The molecule has 12 rings (SSSR count). The zero-order valence-corrected chi connectivity index (χ0v) is 32.8. The number of anilines is 3. The molecule has 0 bridgehead atoms. The summed E-state index contributed by atoms with van der Waals surface area (Å²) in [6.07, 6.45) is 0. The van der Waals surface area contributed by atoms with Crippen LogP contribution in [0, 0.1) is 0 Å². The van der Waals surface area contributed by atoms with Crippen LogP contribution in [-0.2, 0) is 0 Å². The minimum Gasteiger partial charge on any atom is -0.310 e. The van der Waals surface area contributed by atoms with Crippen molar-refractivity contribution in [2.45, 2.75) is 0 Å². The summed E-state index contributed by atoms with van der Waals surface area (Å²) < 4.78 is 2.42. The van der Waals surface area contributed by atoms with Gasteiger partial charge >= 0.3 is 0 Å². The maximum absolute atomic E-state index is 2.42. The van der Waals surface area contributed by atoms with Crippen molar-refractivity contribution in [3.63, 3.8) is 0 Å². The Balaban J connectivity index is 1.06. The minimum atomic E-state index is 1.10. The van der Waals surface area contributed by atoms with Gasteiger partial charge in [-0.15, -0.1) is 0 Å². The summed E-state index contributed by atoms with van der Waals surface area (Å²) in [5.74, 6) is 0. The first-order valence-corrected chi connectivity index (χ1v) is 20.7. The van der Waals surface area contributed by atoms with Gasteiger partial charge in [0.05, 0.1) is 11.0 Å². The maximum Gasteiger partial charge on any atom is 0.0547 e.